The molecule has 1 aliphatic rings. The number of anilines is 1. The lowest BCUT2D eigenvalue weighted by Crippen LogP contribution is -2.44. The Kier molecular flexibility index (Phi) is 4.22. The first-order chi connectivity index (χ1) is 9.32. The highest BCUT2D eigenvalue weighted by Crippen LogP contribution is 2.27. The molecular weight excluding hydrogens is 278 g/mol. The molecule has 2 rings (SSSR count). The van der Waals surface area contributed by atoms with Gasteiger partial charge in [-0.05, 0) is 45.1 Å². The number of hydrogen-bond acceptors (Lipinski definition) is 5. The van der Waals surface area contributed by atoms with E-state index >= 15 is 0 Å². The third-order valence-electron chi connectivity index (χ3n) is 3.79. The van der Waals surface area contributed by atoms with Gasteiger partial charge in [-0.2, -0.15) is 4.31 Å². The molecule has 0 atom stereocenters. The van der Waals surface area contributed by atoms with Crippen LogP contribution in [0, 0.1) is 0 Å². The van der Waals surface area contributed by atoms with E-state index in [1.54, 1.807) is 0 Å². The summed E-state index contributed by atoms with van der Waals surface area (Å²) in [6.07, 6.45) is 1.64. The number of nitrogens with two attached hydrogens (primary N) is 1. The van der Waals surface area contributed by atoms with Gasteiger partial charge in [-0.15, -0.1) is 0 Å². The highest BCUT2D eigenvalue weighted by Gasteiger charge is 2.30. The van der Waals surface area contributed by atoms with Gasteiger partial charge in [0, 0.05) is 19.1 Å². The van der Waals surface area contributed by atoms with E-state index in [0.29, 0.717) is 19.1 Å². The van der Waals surface area contributed by atoms with E-state index in [9.17, 15) is 13.5 Å². The minimum atomic E-state index is -3.53. The summed E-state index contributed by atoms with van der Waals surface area (Å²) in [6.45, 7) is 1.01. The van der Waals surface area contributed by atoms with Gasteiger partial charge in [0.2, 0.25) is 10.0 Å². The molecule has 3 N–H and O–H groups in total. The molecule has 7 heteroatoms. The first kappa shape index (κ1) is 15.1. The zero-order valence-electron chi connectivity index (χ0n) is 11.8. The maximum Gasteiger partial charge on any atom is 0.243 e. The number of phenols is 1. The fourth-order valence-corrected chi connectivity index (χ4v) is 3.95. The summed E-state index contributed by atoms with van der Waals surface area (Å²) in [5.41, 5.74) is 5.65. The second-order valence-electron chi connectivity index (χ2n) is 5.32. The van der Waals surface area contributed by atoms with Gasteiger partial charge < -0.3 is 15.7 Å². The van der Waals surface area contributed by atoms with Crippen molar-refractivity contribution in [2.75, 3.05) is 32.9 Å². The Morgan fingerprint density at radius 3 is 2.40 bits per heavy atom. The van der Waals surface area contributed by atoms with Gasteiger partial charge in [0.1, 0.15) is 5.75 Å². The summed E-state index contributed by atoms with van der Waals surface area (Å²) in [5, 5.41) is 9.38. The molecule has 20 heavy (non-hydrogen) atoms. The molecule has 0 saturated carbocycles. The van der Waals surface area contributed by atoms with Crippen LogP contribution in [0.5, 0.6) is 5.75 Å². The van der Waals surface area contributed by atoms with Gasteiger partial charge in [0.25, 0.3) is 0 Å². The van der Waals surface area contributed by atoms with E-state index in [1.807, 2.05) is 14.1 Å². The lowest BCUT2D eigenvalue weighted by Gasteiger charge is -2.34. The van der Waals surface area contributed by atoms with E-state index in [2.05, 4.69) is 4.90 Å². The van der Waals surface area contributed by atoms with Crippen LogP contribution >= 0.6 is 0 Å². The van der Waals surface area contributed by atoms with Crippen molar-refractivity contribution in [3.63, 3.8) is 0 Å². The summed E-state index contributed by atoms with van der Waals surface area (Å²) < 4.78 is 26.5. The number of aromatic hydroxyl groups is 1. The molecule has 0 aliphatic carbocycles. The van der Waals surface area contributed by atoms with Crippen molar-refractivity contribution < 1.29 is 13.5 Å². The number of nitrogen functional groups attached to an aromatic ring is 1. The monoisotopic (exact) mass is 299 g/mol. The number of nitrogens with zero attached hydrogens (tertiary/aromatic N) is 2. The lowest BCUT2D eigenvalue weighted by atomic mass is 10.1. The predicted molar refractivity (Wildman–Crippen MR) is 78.0 cm³/mol. The fourth-order valence-electron chi connectivity index (χ4n) is 2.44. The van der Waals surface area contributed by atoms with Gasteiger partial charge in [0.15, 0.2) is 0 Å². The highest BCUT2D eigenvalue weighted by atomic mass is 32.2. The lowest BCUT2D eigenvalue weighted by molar-refractivity contribution is 0.196. The smallest absolute Gasteiger partial charge is 0.243 e. The highest BCUT2D eigenvalue weighted by molar-refractivity contribution is 7.89. The molecular formula is C13H21N3O3S. The molecule has 0 spiro atoms. The van der Waals surface area contributed by atoms with Crippen LogP contribution in [0.15, 0.2) is 23.1 Å². The molecule has 0 unspecified atom stereocenters. The molecule has 6 nitrogen and oxygen atoms in total. The van der Waals surface area contributed by atoms with Crippen molar-refractivity contribution in [3.05, 3.63) is 18.2 Å². The molecule has 1 aromatic carbocycles. The number of hydrogen-bond donors (Lipinski definition) is 2. The maximum atomic E-state index is 12.5. The summed E-state index contributed by atoms with van der Waals surface area (Å²) in [6, 6.07) is 4.43. The molecule has 1 aliphatic heterocycles. The first-order valence-corrected chi connectivity index (χ1v) is 8.01. The zero-order chi connectivity index (χ0) is 14.9. The molecule has 0 aromatic heterocycles. The Morgan fingerprint density at radius 2 is 1.90 bits per heavy atom. The van der Waals surface area contributed by atoms with Gasteiger partial charge in [-0.1, -0.05) is 0 Å². The van der Waals surface area contributed by atoms with Crippen molar-refractivity contribution in [2.24, 2.45) is 0 Å². The summed E-state index contributed by atoms with van der Waals surface area (Å²) >= 11 is 0. The van der Waals surface area contributed by atoms with E-state index < -0.39 is 10.0 Å². The molecule has 0 amide bonds. The van der Waals surface area contributed by atoms with E-state index in [1.165, 1.54) is 22.5 Å². The van der Waals surface area contributed by atoms with Crippen LogP contribution in [0.1, 0.15) is 12.8 Å². The van der Waals surface area contributed by atoms with Crippen molar-refractivity contribution in [2.45, 2.75) is 23.8 Å². The normalized spacial score (nSPS) is 18.6. The standard InChI is InChI=1S/C13H21N3O3S/c1-15(2)10-5-7-16(8-6-10)20(18,19)11-3-4-13(17)12(14)9-11/h3-4,9-10,17H,5-8,14H2,1-2H3. The zero-order valence-corrected chi connectivity index (χ0v) is 12.6. The number of benzene rings is 1. The van der Waals surface area contributed by atoms with Gasteiger partial charge >= 0.3 is 0 Å². The molecule has 0 radical (unpaired) electrons. The molecule has 1 heterocycles. The van der Waals surface area contributed by atoms with Gasteiger partial charge in [-0.3, -0.25) is 0 Å². The van der Waals surface area contributed by atoms with E-state index in [-0.39, 0.29) is 16.3 Å². The van der Waals surface area contributed by atoms with E-state index in [4.69, 9.17) is 5.73 Å². The van der Waals surface area contributed by atoms with Crippen LogP contribution in [0.4, 0.5) is 5.69 Å². The molecule has 1 saturated heterocycles. The number of phenolic OH excluding ortho intramolecular Hbond substituents is 1. The second-order valence-corrected chi connectivity index (χ2v) is 7.26. The predicted octanol–water partition coefficient (Wildman–Crippen LogP) is 0.689. The van der Waals surface area contributed by atoms with Crippen LogP contribution in [0.25, 0.3) is 0 Å². The van der Waals surface area contributed by atoms with Crippen molar-refractivity contribution >= 4 is 15.7 Å². The van der Waals surface area contributed by atoms with Crippen molar-refractivity contribution in [1.82, 2.24) is 9.21 Å². The fraction of sp³-hybridized carbons (Fsp3) is 0.538. The van der Waals surface area contributed by atoms with Crippen LogP contribution in [-0.4, -0.2) is 56.0 Å². The second kappa shape index (κ2) is 5.59. The minimum Gasteiger partial charge on any atom is -0.506 e. The Morgan fingerprint density at radius 1 is 1.30 bits per heavy atom. The Hall–Kier alpha value is -1.31. The Bertz CT molecular complexity index is 579. The summed E-state index contributed by atoms with van der Waals surface area (Å²) in [7, 11) is 0.492. The van der Waals surface area contributed by atoms with Crippen LogP contribution < -0.4 is 5.73 Å². The average molecular weight is 299 g/mol. The molecule has 112 valence electrons. The van der Waals surface area contributed by atoms with Crippen LogP contribution in [-0.2, 0) is 10.0 Å². The minimum absolute atomic E-state index is 0.0780. The third kappa shape index (κ3) is 2.89. The third-order valence-corrected chi connectivity index (χ3v) is 5.69. The van der Waals surface area contributed by atoms with Crippen LogP contribution in [0.2, 0.25) is 0 Å². The molecule has 1 fully saturated rings. The summed E-state index contributed by atoms with van der Waals surface area (Å²) in [4.78, 5) is 2.26. The number of piperidine rings is 1. The largest absolute Gasteiger partial charge is 0.506 e. The maximum absolute atomic E-state index is 12.5. The van der Waals surface area contributed by atoms with Gasteiger partial charge in [-0.25, -0.2) is 8.42 Å². The Labute approximate surface area is 119 Å². The first-order valence-electron chi connectivity index (χ1n) is 6.57. The Balaban J connectivity index is 2.17. The number of rotatable bonds is 3. The molecule has 1 aromatic rings. The number of sulfonamides is 1. The van der Waals surface area contributed by atoms with Crippen LogP contribution in [0.3, 0.4) is 0 Å². The quantitative estimate of drug-likeness (QED) is 0.633. The van der Waals surface area contributed by atoms with Crippen molar-refractivity contribution in [1.29, 1.82) is 0 Å². The van der Waals surface area contributed by atoms with Crippen molar-refractivity contribution in [3.8, 4) is 5.75 Å². The van der Waals surface area contributed by atoms with E-state index in [0.717, 1.165) is 12.8 Å². The SMILES string of the molecule is CN(C)C1CCN(S(=O)(=O)c2ccc(O)c(N)c2)CC1. The topological polar surface area (TPSA) is 86.9 Å². The van der Waals surface area contributed by atoms with Gasteiger partial charge in [0.05, 0.1) is 10.6 Å². The summed E-state index contributed by atoms with van der Waals surface area (Å²) in [5.74, 6) is -0.102. The molecule has 0 bridgehead atoms. The average Bonchev–Trinajstić information content (AvgIpc) is 2.41.